The van der Waals surface area contributed by atoms with Crippen LogP contribution >= 0.6 is 24.0 Å². The second kappa shape index (κ2) is 7.16. The lowest BCUT2D eigenvalue weighted by molar-refractivity contribution is -0.137. The molecular formula is C18H10F3NO3S2. The van der Waals surface area contributed by atoms with Crippen LogP contribution in [0.5, 0.6) is 0 Å². The summed E-state index contributed by atoms with van der Waals surface area (Å²) in [7, 11) is 0. The molecule has 1 aliphatic rings. The average molecular weight is 409 g/mol. The number of benzene rings is 2. The number of carboxylic acids is 1. The molecule has 0 atom stereocenters. The van der Waals surface area contributed by atoms with Crippen LogP contribution in [0, 0.1) is 0 Å². The number of carboxylic acid groups (broad SMARTS) is 1. The molecule has 2 aromatic carbocycles. The molecule has 0 aromatic heterocycles. The molecule has 3 rings (SSSR count). The number of carbonyl (C=O) groups is 2. The van der Waals surface area contributed by atoms with Gasteiger partial charge in [-0.2, -0.15) is 13.2 Å². The van der Waals surface area contributed by atoms with Gasteiger partial charge in [0.1, 0.15) is 0 Å². The van der Waals surface area contributed by atoms with Gasteiger partial charge in [-0.05, 0) is 48.0 Å². The Kier molecular flexibility index (Phi) is 5.07. The Labute approximate surface area is 161 Å². The molecule has 9 heteroatoms. The number of hydrogen-bond donors (Lipinski definition) is 1. The number of aromatic carboxylic acids is 1. The Bertz CT molecular complexity index is 969. The maximum absolute atomic E-state index is 12.7. The third-order valence-corrected chi connectivity index (χ3v) is 4.98. The number of hydrogen-bond acceptors (Lipinski definition) is 4. The van der Waals surface area contributed by atoms with Crippen LogP contribution in [0.25, 0.3) is 6.08 Å². The maximum Gasteiger partial charge on any atom is 0.416 e. The van der Waals surface area contributed by atoms with Crippen molar-refractivity contribution in [1.29, 1.82) is 0 Å². The van der Waals surface area contributed by atoms with Crippen LogP contribution < -0.4 is 4.90 Å². The molecule has 1 amide bonds. The van der Waals surface area contributed by atoms with Crippen LogP contribution in [0.2, 0.25) is 0 Å². The highest BCUT2D eigenvalue weighted by atomic mass is 32.2. The van der Waals surface area contributed by atoms with Crippen molar-refractivity contribution >= 4 is 51.9 Å². The monoisotopic (exact) mass is 409 g/mol. The molecule has 0 spiro atoms. The minimum Gasteiger partial charge on any atom is -0.478 e. The van der Waals surface area contributed by atoms with Gasteiger partial charge in [0.05, 0.1) is 21.7 Å². The lowest BCUT2D eigenvalue weighted by Crippen LogP contribution is -2.27. The third kappa shape index (κ3) is 4.04. The first-order valence-corrected chi connectivity index (χ1v) is 8.68. The van der Waals surface area contributed by atoms with Gasteiger partial charge in [-0.25, -0.2) is 4.79 Å². The van der Waals surface area contributed by atoms with E-state index in [-0.39, 0.29) is 20.5 Å². The van der Waals surface area contributed by atoms with Crippen molar-refractivity contribution < 1.29 is 27.9 Å². The number of thioether (sulfide) groups is 1. The van der Waals surface area contributed by atoms with Crippen LogP contribution in [-0.2, 0) is 11.0 Å². The molecule has 1 fully saturated rings. The first-order chi connectivity index (χ1) is 12.7. The van der Waals surface area contributed by atoms with Gasteiger partial charge in [-0.15, -0.1) is 0 Å². The first-order valence-electron chi connectivity index (χ1n) is 7.45. The van der Waals surface area contributed by atoms with Gasteiger partial charge in [0, 0.05) is 0 Å². The van der Waals surface area contributed by atoms with Crippen molar-refractivity contribution in [2.24, 2.45) is 0 Å². The predicted molar refractivity (Wildman–Crippen MR) is 100 cm³/mol. The summed E-state index contributed by atoms with van der Waals surface area (Å²) in [6.07, 6.45) is -2.97. The van der Waals surface area contributed by atoms with Crippen molar-refractivity contribution in [1.82, 2.24) is 0 Å². The average Bonchev–Trinajstić information content (AvgIpc) is 2.88. The summed E-state index contributed by atoms with van der Waals surface area (Å²) in [5.74, 6) is -1.58. The van der Waals surface area contributed by atoms with Crippen molar-refractivity contribution in [2.75, 3.05) is 4.90 Å². The lowest BCUT2D eigenvalue weighted by Gasteiger charge is -2.15. The second-order valence-corrected chi connectivity index (χ2v) is 7.17. The smallest absolute Gasteiger partial charge is 0.416 e. The fraction of sp³-hybridized carbons (Fsp3) is 0.0556. The molecule has 27 heavy (non-hydrogen) atoms. The SMILES string of the molecule is O=C(O)c1cccc(/C=C2\SC(=S)N(c3ccc(C(F)(F)F)cc3)C2=O)c1. The normalized spacial score (nSPS) is 16.3. The quantitative estimate of drug-likeness (QED) is 0.583. The van der Waals surface area contributed by atoms with Crippen LogP contribution in [0.4, 0.5) is 18.9 Å². The van der Waals surface area contributed by atoms with E-state index >= 15 is 0 Å². The van der Waals surface area contributed by atoms with Crippen molar-refractivity contribution in [3.05, 3.63) is 70.1 Å². The lowest BCUT2D eigenvalue weighted by atomic mass is 10.1. The summed E-state index contributed by atoms with van der Waals surface area (Å²) in [4.78, 5) is 25.1. The Morgan fingerprint density at radius 1 is 1.15 bits per heavy atom. The van der Waals surface area contributed by atoms with E-state index in [9.17, 15) is 22.8 Å². The zero-order valence-electron chi connectivity index (χ0n) is 13.4. The van der Waals surface area contributed by atoms with E-state index in [0.717, 1.165) is 28.8 Å². The van der Waals surface area contributed by atoms with Gasteiger partial charge < -0.3 is 5.11 Å². The molecule has 2 aromatic rings. The maximum atomic E-state index is 12.7. The minimum absolute atomic E-state index is 0.0713. The minimum atomic E-state index is -4.47. The van der Waals surface area contributed by atoms with E-state index in [0.29, 0.717) is 5.56 Å². The van der Waals surface area contributed by atoms with Gasteiger partial charge >= 0.3 is 12.1 Å². The van der Waals surface area contributed by atoms with Crippen LogP contribution in [0.15, 0.2) is 53.4 Å². The van der Waals surface area contributed by atoms with E-state index in [1.165, 1.54) is 30.3 Å². The topological polar surface area (TPSA) is 57.6 Å². The van der Waals surface area contributed by atoms with Crippen molar-refractivity contribution in [2.45, 2.75) is 6.18 Å². The fourth-order valence-corrected chi connectivity index (χ4v) is 3.70. The van der Waals surface area contributed by atoms with Crippen molar-refractivity contribution in [3.63, 3.8) is 0 Å². The molecule has 0 aliphatic carbocycles. The van der Waals surface area contributed by atoms with Crippen LogP contribution in [0.3, 0.4) is 0 Å². The zero-order chi connectivity index (χ0) is 19.8. The zero-order valence-corrected chi connectivity index (χ0v) is 15.0. The molecule has 1 heterocycles. The number of anilines is 1. The van der Waals surface area contributed by atoms with Gasteiger partial charge in [0.15, 0.2) is 4.32 Å². The molecule has 1 saturated heterocycles. The number of thiocarbonyl (C=S) groups is 1. The summed E-state index contributed by atoms with van der Waals surface area (Å²) >= 11 is 6.17. The van der Waals surface area contributed by atoms with Crippen LogP contribution in [0.1, 0.15) is 21.5 Å². The van der Waals surface area contributed by atoms with Gasteiger partial charge in [-0.3, -0.25) is 9.69 Å². The number of rotatable bonds is 3. The molecule has 0 radical (unpaired) electrons. The molecular weight excluding hydrogens is 399 g/mol. The Balaban J connectivity index is 1.89. The second-order valence-electron chi connectivity index (χ2n) is 5.49. The van der Waals surface area contributed by atoms with E-state index in [1.807, 2.05) is 0 Å². The van der Waals surface area contributed by atoms with E-state index in [2.05, 4.69) is 0 Å². The molecule has 0 unspecified atom stereocenters. The van der Waals surface area contributed by atoms with E-state index in [4.69, 9.17) is 17.3 Å². The Morgan fingerprint density at radius 3 is 2.41 bits per heavy atom. The Morgan fingerprint density at radius 2 is 1.81 bits per heavy atom. The summed E-state index contributed by atoms with van der Waals surface area (Å²) < 4.78 is 38.2. The molecule has 1 aliphatic heterocycles. The fourth-order valence-electron chi connectivity index (χ4n) is 2.40. The molecule has 0 bridgehead atoms. The third-order valence-electron chi connectivity index (χ3n) is 3.68. The predicted octanol–water partition coefficient (Wildman–Crippen LogP) is 4.81. The Hall–Kier alpha value is -2.65. The molecule has 4 nitrogen and oxygen atoms in total. The number of carbonyl (C=O) groups excluding carboxylic acids is 1. The number of amides is 1. The number of halogens is 3. The first kappa shape index (κ1) is 19.1. The highest BCUT2D eigenvalue weighted by Crippen LogP contribution is 2.37. The van der Waals surface area contributed by atoms with E-state index in [1.54, 1.807) is 12.1 Å². The number of nitrogens with zero attached hydrogens (tertiary/aromatic N) is 1. The van der Waals surface area contributed by atoms with Gasteiger partial charge in [-0.1, -0.05) is 36.1 Å². The standard InChI is InChI=1S/C18H10F3NO3S2/c19-18(20,21)12-4-6-13(7-5-12)22-15(23)14(27-17(22)26)9-10-2-1-3-11(8-10)16(24)25/h1-9H,(H,24,25)/b14-9-. The van der Waals surface area contributed by atoms with Crippen LogP contribution in [-0.4, -0.2) is 21.3 Å². The van der Waals surface area contributed by atoms with Crippen molar-refractivity contribution in [3.8, 4) is 0 Å². The van der Waals surface area contributed by atoms with Gasteiger partial charge in [0.2, 0.25) is 0 Å². The molecule has 1 N–H and O–H groups in total. The van der Waals surface area contributed by atoms with E-state index < -0.39 is 23.6 Å². The summed E-state index contributed by atoms with van der Waals surface area (Å²) in [6.45, 7) is 0. The van der Waals surface area contributed by atoms with Gasteiger partial charge in [0.25, 0.3) is 5.91 Å². The highest BCUT2D eigenvalue weighted by Gasteiger charge is 2.35. The largest absolute Gasteiger partial charge is 0.478 e. The summed E-state index contributed by atoms with van der Waals surface area (Å²) in [6, 6.07) is 10.1. The highest BCUT2D eigenvalue weighted by molar-refractivity contribution is 8.27. The summed E-state index contributed by atoms with van der Waals surface area (Å²) in [5.41, 5.74) is -0.0179. The molecule has 138 valence electrons. The number of alkyl halides is 3. The summed E-state index contributed by atoms with van der Waals surface area (Å²) in [5, 5.41) is 9.03. The molecule has 0 saturated carbocycles.